The Bertz CT molecular complexity index is 392. The van der Waals surface area contributed by atoms with Crippen LogP contribution in [0.1, 0.15) is 31.7 Å². The van der Waals surface area contributed by atoms with E-state index in [1.54, 1.807) is 0 Å². The molecule has 0 aliphatic rings. The van der Waals surface area contributed by atoms with Crippen LogP contribution in [-0.4, -0.2) is 17.7 Å². The maximum absolute atomic E-state index is 10.6. The number of carbonyl (C=O) groups is 1. The first-order chi connectivity index (χ1) is 7.99. The lowest BCUT2D eigenvalue weighted by atomic mass is 9.98. The second-order valence-electron chi connectivity index (χ2n) is 4.31. The molecule has 0 radical (unpaired) electrons. The highest BCUT2D eigenvalue weighted by Gasteiger charge is 2.09. The first-order valence-electron chi connectivity index (χ1n) is 5.58. The zero-order chi connectivity index (χ0) is 12.8. The summed E-state index contributed by atoms with van der Waals surface area (Å²) >= 11 is 0. The van der Waals surface area contributed by atoms with E-state index in [4.69, 9.17) is 9.84 Å². The molecule has 1 atom stereocenters. The maximum atomic E-state index is 10.6. The van der Waals surface area contributed by atoms with E-state index in [-0.39, 0.29) is 12.3 Å². The second kappa shape index (κ2) is 6.09. The first kappa shape index (κ1) is 13.3. The third-order valence-electron chi connectivity index (χ3n) is 2.42. The van der Waals surface area contributed by atoms with E-state index in [0.29, 0.717) is 6.61 Å². The Morgan fingerprint density at radius 2 is 2.00 bits per heavy atom. The van der Waals surface area contributed by atoms with Gasteiger partial charge in [0.1, 0.15) is 12.4 Å². The van der Waals surface area contributed by atoms with Gasteiger partial charge in [-0.2, -0.15) is 0 Å². The minimum absolute atomic E-state index is 0.0164. The summed E-state index contributed by atoms with van der Waals surface area (Å²) in [5, 5.41) is 8.71. The Labute approximate surface area is 102 Å². The van der Waals surface area contributed by atoms with Crippen LogP contribution >= 0.6 is 0 Å². The average molecular weight is 234 g/mol. The molecule has 92 valence electrons. The Kier molecular flexibility index (Phi) is 4.76. The standard InChI is InChI=1S/C14H18O3/c1-10(2)9-17-13-6-4-12(5-7-13)11(3)8-14(15)16/h4-7,11H,1,8-9H2,2-3H3,(H,15,16). The third-order valence-corrected chi connectivity index (χ3v) is 2.42. The lowest BCUT2D eigenvalue weighted by Gasteiger charge is -2.10. The van der Waals surface area contributed by atoms with E-state index >= 15 is 0 Å². The molecule has 3 heteroatoms. The number of ether oxygens (including phenoxy) is 1. The number of carboxylic acid groups (broad SMARTS) is 1. The Morgan fingerprint density at radius 1 is 1.41 bits per heavy atom. The van der Waals surface area contributed by atoms with Crippen LogP contribution in [0.15, 0.2) is 36.4 Å². The molecule has 1 aromatic carbocycles. The van der Waals surface area contributed by atoms with Gasteiger partial charge in [-0.05, 0) is 36.1 Å². The van der Waals surface area contributed by atoms with Crippen LogP contribution in [0.4, 0.5) is 0 Å². The molecule has 0 bridgehead atoms. The van der Waals surface area contributed by atoms with Crippen molar-refractivity contribution in [3.05, 3.63) is 42.0 Å². The third kappa shape index (κ3) is 4.72. The molecule has 1 aromatic rings. The van der Waals surface area contributed by atoms with Gasteiger partial charge in [0.15, 0.2) is 0 Å². The summed E-state index contributed by atoms with van der Waals surface area (Å²) in [6.07, 6.45) is 0.145. The highest BCUT2D eigenvalue weighted by atomic mass is 16.5. The molecule has 0 amide bonds. The van der Waals surface area contributed by atoms with E-state index in [9.17, 15) is 4.79 Å². The predicted molar refractivity (Wildman–Crippen MR) is 67.4 cm³/mol. The fourth-order valence-corrected chi connectivity index (χ4v) is 1.48. The number of benzene rings is 1. The Hall–Kier alpha value is -1.77. The highest BCUT2D eigenvalue weighted by molar-refractivity contribution is 5.67. The molecule has 0 aromatic heterocycles. The van der Waals surface area contributed by atoms with Crippen LogP contribution in [0.25, 0.3) is 0 Å². The Morgan fingerprint density at radius 3 is 2.47 bits per heavy atom. The van der Waals surface area contributed by atoms with E-state index < -0.39 is 5.97 Å². The fourth-order valence-electron chi connectivity index (χ4n) is 1.48. The molecule has 0 spiro atoms. The molecule has 1 N–H and O–H groups in total. The fraction of sp³-hybridized carbons (Fsp3) is 0.357. The van der Waals surface area contributed by atoms with E-state index in [1.807, 2.05) is 38.1 Å². The smallest absolute Gasteiger partial charge is 0.303 e. The summed E-state index contributed by atoms with van der Waals surface area (Å²) in [6, 6.07) is 7.52. The van der Waals surface area contributed by atoms with Crippen molar-refractivity contribution in [2.75, 3.05) is 6.61 Å². The van der Waals surface area contributed by atoms with E-state index in [1.165, 1.54) is 0 Å². The molecular formula is C14H18O3. The molecule has 0 aliphatic heterocycles. The van der Waals surface area contributed by atoms with Gasteiger partial charge in [-0.25, -0.2) is 0 Å². The molecule has 0 fully saturated rings. The molecular weight excluding hydrogens is 216 g/mol. The van der Waals surface area contributed by atoms with Gasteiger partial charge in [0, 0.05) is 0 Å². The van der Waals surface area contributed by atoms with Crippen molar-refractivity contribution in [2.45, 2.75) is 26.2 Å². The minimum Gasteiger partial charge on any atom is -0.489 e. The van der Waals surface area contributed by atoms with Crippen LogP contribution in [0.5, 0.6) is 5.75 Å². The van der Waals surface area contributed by atoms with Crippen molar-refractivity contribution < 1.29 is 14.6 Å². The summed E-state index contributed by atoms with van der Waals surface area (Å²) in [5.74, 6) is 0.0158. The topological polar surface area (TPSA) is 46.5 Å². The van der Waals surface area contributed by atoms with Crippen molar-refractivity contribution in [2.24, 2.45) is 0 Å². The van der Waals surface area contributed by atoms with Crippen LogP contribution < -0.4 is 4.74 Å². The van der Waals surface area contributed by atoms with Crippen LogP contribution in [-0.2, 0) is 4.79 Å². The van der Waals surface area contributed by atoms with Gasteiger partial charge in [0.2, 0.25) is 0 Å². The van der Waals surface area contributed by atoms with Crippen molar-refractivity contribution in [3.63, 3.8) is 0 Å². The predicted octanol–water partition coefficient (Wildman–Crippen LogP) is 3.22. The largest absolute Gasteiger partial charge is 0.489 e. The zero-order valence-corrected chi connectivity index (χ0v) is 10.3. The van der Waals surface area contributed by atoms with Crippen molar-refractivity contribution in [3.8, 4) is 5.75 Å². The summed E-state index contributed by atoms with van der Waals surface area (Å²) in [6.45, 7) is 8.07. The van der Waals surface area contributed by atoms with Crippen molar-refractivity contribution in [1.29, 1.82) is 0 Å². The van der Waals surface area contributed by atoms with Gasteiger partial charge in [-0.1, -0.05) is 25.6 Å². The molecule has 0 saturated heterocycles. The highest BCUT2D eigenvalue weighted by Crippen LogP contribution is 2.22. The second-order valence-corrected chi connectivity index (χ2v) is 4.31. The van der Waals surface area contributed by atoms with Crippen LogP contribution in [0, 0.1) is 0 Å². The molecule has 0 aliphatic carbocycles. The van der Waals surface area contributed by atoms with Crippen LogP contribution in [0.3, 0.4) is 0 Å². The Balaban J connectivity index is 2.60. The van der Waals surface area contributed by atoms with E-state index in [0.717, 1.165) is 16.9 Å². The lowest BCUT2D eigenvalue weighted by Crippen LogP contribution is -2.03. The SMILES string of the molecule is C=C(C)COc1ccc(C(C)CC(=O)O)cc1. The first-order valence-corrected chi connectivity index (χ1v) is 5.58. The van der Waals surface area contributed by atoms with Gasteiger partial charge in [0.05, 0.1) is 6.42 Å². The normalized spacial score (nSPS) is 11.9. The quantitative estimate of drug-likeness (QED) is 0.769. The summed E-state index contributed by atoms with van der Waals surface area (Å²) in [7, 11) is 0. The van der Waals surface area contributed by atoms with Gasteiger partial charge >= 0.3 is 5.97 Å². The monoisotopic (exact) mass is 234 g/mol. The number of hydrogen-bond acceptors (Lipinski definition) is 2. The molecule has 1 rings (SSSR count). The molecule has 3 nitrogen and oxygen atoms in total. The van der Waals surface area contributed by atoms with Crippen LogP contribution in [0.2, 0.25) is 0 Å². The van der Waals surface area contributed by atoms with Gasteiger partial charge in [0.25, 0.3) is 0 Å². The van der Waals surface area contributed by atoms with Crippen molar-refractivity contribution >= 4 is 5.97 Å². The number of aliphatic carboxylic acids is 1. The number of hydrogen-bond donors (Lipinski definition) is 1. The maximum Gasteiger partial charge on any atom is 0.303 e. The molecule has 0 heterocycles. The molecule has 17 heavy (non-hydrogen) atoms. The average Bonchev–Trinajstić information content (AvgIpc) is 2.26. The minimum atomic E-state index is -0.778. The molecule has 0 saturated carbocycles. The van der Waals surface area contributed by atoms with Gasteiger partial charge < -0.3 is 9.84 Å². The molecule has 1 unspecified atom stereocenters. The summed E-state index contributed by atoms with van der Waals surface area (Å²) in [5.41, 5.74) is 1.98. The zero-order valence-electron chi connectivity index (χ0n) is 10.3. The van der Waals surface area contributed by atoms with E-state index in [2.05, 4.69) is 6.58 Å². The van der Waals surface area contributed by atoms with Crippen molar-refractivity contribution in [1.82, 2.24) is 0 Å². The summed E-state index contributed by atoms with van der Waals surface area (Å²) in [4.78, 5) is 10.6. The number of carboxylic acids is 1. The van der Waals surface area contributed by atoms with Gasteiger partial charge in [-0.15, -0.1) is 0 Å². The van der Waals surface area contributed by atoms with Gasteiger partial charge in [-0.3, -0.25) is 4.79 Å². The number of rotatable bonds is 6. The lowest BCUT2D eigenvalue weighted by molar-refractivity contribution is -0.137. The summed E-state index contributed by atoms with van der Waals surface area (Å²) < 4.78 is 5.47.